The summed E-state index contributed by atoms with van der Waals surface area (Å²) < 4.78 is 72.2. The Morgan fingerprint density at radius 3 is 1.04 bits per heavy atom. The van der Waals surface area contributed by atoms with Crippen LogP contribution in [0.2, 0.25) is 0 Å². The molecule has 11 aliphatic heterocycles. The van der Waals surface area contributed by atoms with Crippen LogP contribution >= 0.6 is 38.5 Å². The molecular weight excluding hydrogens is 1870 g/mol. The van der Waals surface area contributed by atoms with E-state index >= 15 is 0 Å². The summed E-state index contributed by atoms with van der Waals surface area (Å²) in [6, 6.07) is 23.6. The first kappa shape index (κ1) is 98.8. The van der Waals surface area contributed by atoms with Gasteiger partial charge in [-0.05, 0) is 157 Å². The van der Waals surface area contributed by atoms with E-state index in [0.717, 1.165) is 123 Å². The van der Waals surface area contributed by atoms with Crippen molar-refractivity contribution in [2.45, 2.75) is 207 Å². The van der Waals surface area contributed by atoms with Gasteiger partial charge in [-0.25, -0.2) is 19.9 Å². The minimum atomic E-state index is -0.476. The number of allylic oxidation sites excluding steroid dienone is 4. The molecule has 4 aromatic heterocycles. The number of carbonyl (C=O) groups is 4. The highest BCUT2D eigenvalue weighted by Gasteiger charge is 2.64. The number of ether oxygens (including phenoxy) is 5. The van der Waals surface area contributed by atoms with E-state index in [-0.39, 0.29) is 84.1 Å². The number of fused-ring (bicyclic) bond motifs is 12. The molecule has 11 aliphatic rings. The van der Waals surface area contributed by atoms with Crippen LogP contribution in [0.1, 0.15) is 178 Å². The lowest BCUT2D eigenvalue weighted by atomic mass is 9.49. The molecule has 32 nitrogen and oxygen atoms in total. The second kappa shape index (κ2) is 41.2. The van der Waals surface area contributed by atoms with Crippen LogP contribution in [0.15, 0.2) is 172 Å². The molecule has 0 unspecified atom stereocenters. The summed E-state index contributed by atoms with van der Waals surface area (Å²) in [4.78, 5) is 93.2. The first-order valence-electron chi connectivity index (χ1n) is 44.8. The van der Waals surface area contributed by atoms with Crippen LogP contribution in [0.4, 0.5) is 0 Å². The highest BCUT2D eigenvalue weighted by molar-refractivity contribution is 14.1. The summed E-state index contributed by atoms with van der Waals surface area (Å²) in [7, 11) is 5.13. The lowest BCUT2D eigenvalue weighted by Gasteiger charge is -2.32. The zero-order valence-corrected chi connectivity index (χ0v) is 83.3. The Bertz CT molecular complexity index is 5710. The topological polar surface area (TPSA) is 324 Å². The third kappa shape index (κ3) is 21.9. The fraction of sp³-hybridized carbons (Fsp3) is 0.458. The number of aromatic hydroxyl groups is 1. The lowest BCUT2D eigenvalue weighted by Crippen LogP contribution is -2.42. The Morgan fingerprint density at radius 1 is 0.406 bits per heavy atom. The zero-order chi connectivity index (χ0) is 95.4. The fourth-order valence-corrected chi connectivity index (χ4v) is 17.1. The first-order valence-corrected chi connectivity index (χ1v) is 46.8. The van der Waals surface area contributed by atoms with Gasteiger partial charge in [-0.15, -0.1) is 0 Å². The number of phenols is 1. The van der Waals surface area contributed by atoms with Gasteiger partial charge in [-0.2, -0.15) is 0 Å². The second-order valence-corrected chi connectivity index (χ2v) is 40.4. The Labute approximate surface area is 801 Å². The molecule has 702 valence electrons. The predicted octanol–water partition coefficient (Wildman–Crippen LogP) is 12.5. The molecule has 19 rings (SSSR count). The monoisotopic (exact) mass is 1990 g/mol. The van der Waals surface area contributed by atoms with Crippen LogP contribution in [0.25, 0.3) is 22.8 Å². The standard InChI is InChI=1S/C24H29BN4O4.C21H24N4O3.C18H17BrN4O2.C18H18N4O3.C12H24B2O4.C3H7I/c1-23(2)24(3,4)33-25(32-23)19-8-6-7-18-17(19)9-10-29-20(18)11-21(26-12-22(29)30)28-13-16(14-31-5)27-15-28;1-14(2)28-19-6-4-5-16-17(19)7-8-25-18(16)9-20(22-10-21(25)26)24-11-15(12-27-3)23-13-24;1-25-10-12-9-22(11-21-12)17-7-16-14-3-2-4-15(19)13(14)5-6-23(16)18(24)8-20-17;1-25-10-12-9-21(11-20-12)17-7-15-13-3-2-4-16(23)14(13)5-6-22(15)18(24)8-19-17;1-9(2)10(3,4)16-13(15-9)14-17-11(5,6)12(7,8)18-14;1-3(2)4/h6-8,11,13,15H,9-10,12,14H2,1-5H3;4-6,9,11,13-14H,7-8,10,12H2,1-3H3;2-4,7,9,11H,5-6,8,10H2,1H3;2-4,7,9,11,23H,5-6,8,10H2,1H3;1-8H3;3H,1-2H3. The number of aliphatic imine (C=N–C) groups is 4. The van der Waals surface area contributed by atoms with E-state index < -0.39 is 32.3 Å². The Hall–Kier alpha value is -10.2. The van der Waals surface area contributed by atoms with Crippen LogP contribution < -0.4 is 10.2 Å². The summed E-state index contributed by atoms with van der Waals surface area (Å²) in [5.41, 5.74) is 13.7. The molecule has 0 aliphatic carbocycles. The second-order valence-electron chi connectivity index (χ2n) is 37.1. The van der Waals surface area contributed by atoms with Crippen LogP contribution in [0.5, 0.6) is 11.5 Å². The van der Waals surface area contributed by atoms with E-state index in [1.54, 1.807) is 75.3 Å². The quantitative estimate of drug-likeness (QED) is 0.0674. The van der Waals surface area contributed by atoms with Crippen molar-refractivity contribution in [3.05, 3.63) is 219 Å². The zero-order valence-electron chi connectivity index (χ0n) is 79.5. The number of halogens is 2. The van der Waals surface area contributed by atoms with Gasteiger partial charge >= 0.3 is 21.1 Å². The van der Waals surface area contributed by atoms with Gasteiger partial charge in [-0.1, -0.05) is 107 Å². The summed E-state index contributed by atoms with van der Waals surface area (Å²) >= 11 is 5.97. The number of alkyl halides is 1. The third-order valence-electron chi connectivity index (χ3n) is 25.4. The first-order chi connectivity index (χ1) is 63.2. The Morgan fingerprint density at radius 2 is 0.692 bits per heavy atom. The van der Waals surface area contributed by atoms with Crippen molar-refractivity contribution < 1.29 is 75.9 Å². The fourth-order valence-electron chi connectivity index (χ4n) is 16.6. The van der Waals surface area contributed by atoms with Gasteiger partial charge in [0.15, 0.2) is 0 Å². The van der Waals surface area contributed by atoms with Crippen LogP contribution in [-0.2, 0) is 118 Å². The molecule has 3 saturated heterocycles. The number of rotatable bonds is 12. The summed E-state index contributed by atoms with van der Waals surface area (Å²) in [5.74, 6) is 3.79. The molecule has 1 N–H and O–H groups in total. The van der Waals surface area contributed by atoms with Gasteiger partial charge in [0, 0.05) is 145 Å². The van der Waals surface area contributed by atoms with Crippen molar-refractivity contribution in [3.63, 3.8) is 0 Å². The van der Waals surface area contributed by atoms with Crippen molar-refractivity contribution >= 4 is 135 Å². The van der Waals surface area contributed by atoms with Crippen molar-refractivity contribution in [1.82, 2.24) is 57.8 Å². The van der Waals surface area contributed by atoms with Crippen LogP contribution in [-0.4, -0.2) is 255 Å². The minimum absolute atomic E-state index is 0.000638. The average molecular weight is 1990 g/mol. The number of carbonyl (C=O) groups excluding carboxylic acids is 4. The molecule has 133 heavy (non-hydrogen) atoms. The highest BCUT2D eigenvalue weighted by atomic mass is 127. The van der Waals surface area contributed by atoms with E-state index in [9.17, 15) is 24.3 Å². The predicted molar refractivity (Wildman–Crippen MR) is 524 cm³/mol. The molecule has 0 atom stereocenters. The average Bonchev–Trinajstić information content (AvgIpc) is 1.59. The van der Waals surface area contributed by atoms with Gasteiger partial charge in [0.2, 0.25) is 23.6 Å². The van der Waals surface area contributed by atoms with Crippen molar-refractivity contribution in [2.75, 3.05) is 80.8 Å². The molecule has 4 aromatic carbocycles. The van der Waals surface area contributed by atoms with Crippen LogP contribution in [0, 0.1) is 0 Å². The van der Waals surface area contributed by atoms with E-state index in [2.05, 4.69) is 138 Å². The number of hydrogen-bond donors (Lipinski definition) is 1. The number of imidazole rings is 4. The maximum Gasteiger partial charge on any atom is 0.495 e. The van der Waals surface area contributed by atoms with E-state index in [4.69, 9.17) is 51.6 Å². The number of benzene rings is 4. The number of hydrogen-bond acceptors (Lipinski definition) is 24. The molecule has 8 aromatic rings. The van der Waals surface area contributed by atoms with Gasteiger partial charge in [0.25, 0.3) is 0 Å². The van der Waals surface area contributed by atoms with Gasteiger partial charge in [0.1, 0.15) is 86.3 Å². The van der Waals surface area contributed by atoms with Crippen LogP contribution in [0.3, 0.4) is 0 Å². The normalized spacial score (nSPS) is 19.6. The third-order valence-corrected chi connectivity index (χ3v) is 26.1. The maximum absolute atomic E-state index is 12.9. The molecular formula is C96H119B3BrIN16O16. The molecule has 0 saturated carbocycles. The van der Waals surface area contributed by atoms with E-state index in [1.807, 2.05) is 189 Å². The van der Waals surface area contributed by atoms with Gasteiger partial charge in [-0.3, -0.25) is 57.4 Å². The summed E-state index contributed by atoms with van der Waals surface area (Å²) in [6.07, 6.45) is 25.1. The molecule has 0 spiro atoms. The van der Waals surface area contributed by atoms with Gasteiger partial charge < -0.3 is 76.3 Å². The summed E-state index contributed by atoms with van der Waals surface area (Å²) in [6.45, 7) is 37.3. The van der Waals surface area contributed by atoms with E-state index in [0.29, 0.717) is 82.4 Å². The van der Waals surface area contributed by atoms with Crippen molar-refractivity contribution in [2.24, 2.45) is 20.0 Å². The smallest absolute Gasteiger partial charge is 0.495 e. The lowest BCUT2D eigenvalue weighted by molar-refractivity contribution is -0.127. The Balaban J connectivity index is 0.000000134. The number of aromatic nitrogens is 8. The van der Waals surface area contributed by atoms with Crippen molar-refractivity contribution in [3.8, 4) is 11.5 Å². The SMILES string of the molecule is CC(C)I.CC1(C)OB(B2OC(C)(C)C(C)(C)O2)OC1(C)C.COCc1cn(C2=NCC(=O)N3CCc4c(B5OC(C)(C)C(C)(C)O5)cccc4C3=C2)cn1.COCc1cn(C2=NCC(=O)N3CCc4c(Br)cccc4C3=C2)cn1.COCc1cn(C2=NCC(=O)N3CCc4c(O)cccc4C3=C2)cn1.COCc1cn(C2=NCC(=O)N3CCc4c(OC(C)C)cccc4C3=C2)cn1. The largest absolute Gasteiger partial charge is 0.508 e. The van der Waals surface area contributed by atoms with Crippen molar-refractivity contribution in [1.29, 1.82) is 0 Å². The minimum Gasteiger partial charge on any atom is -0.508 e. The van der Waals surface area contributed by atoms with Gasteiger partial charge in [0.05, 0.1) is 112 Å². The maximum atomic E-state index is 12.9. The Kier molecular flexibility index (Phi) is 30.6. The summed E-state index contributed by atoms with van der Waals surface area (Å²) in [5, 5.41) is 10.1. The molecule has 37 heteroatoms. The molecule has 15 heterocycles. The number of nitrogens with zero attached hydrogens (tertiary/aromatic N) is 16. The van der Waals surface area contributed by atoms with E-state index in [1.165, 1.54) is 5.56 Å². The number of methoxy groups -OCH3 is 4. The molecule has 0 bridgehead atoms. The number of phenolic OH excluding ortho intramolecular Hbond substituents is 1. The number of amides is 4. The molecule has 4 amide bonds. The molecule has 3 fully saturated rings. The highest BCUT2D eigenvalue weighted by Crippen LogP contribution is 2.45. The molecule has 0 radical (unpaired) electrons.